The van der Waals surface area contributed by atoms with E-state index in [2.05, 4.69) is 34.1 Å². The van der Waals surface area contributed by atoms with E-state index in [4.69, 9.17) is 0 Å². The number of imidazole rings is 1. The van der Waals surface area contributed by atoms with E-state index in [1.165, 1.54) is 5.69 Å². The van der Waals surface area contributed by atoms with Gasteiger partial charge in [0.2, 0.25) is 4.96 Å². The largest absolute Gasteiger partial charge is 0.312 e. The number of hydrogen-bond donors (Lipinski definition) is 1. The van der Waals surface area contributed by atoms with E-state index in [0.717, 1.165) is 41.8 Å². The van der Waals surface area contributed by atoms with Crippen LogP contribution in [0.25, 0.3) is 4.96 Å². The molecule has 98 valence electrons. The van der Waals surface area contributed by atoms with E-state index >= 15 is 0 Å². The molecule has 0 radical (unpaired) electrons. The third kappa shape index (κ3) is 2.15. The topological polar surface area (TPSA) is 45.5 Å². The monoisotopic (exact) mass is 265 g/mol. The predicted molar refractivity (Wildman–Crippen MR) is 73.1 cm³/mol. The second-order valence-electron chi connectivity index (χ2n) is 5.05. The lowest BCUT2D eigenvalue weighted by atomic mass is 10.2. The van der Waals surface area contributed by atoms with Gasteiger partial charge in [0.15, 0.2) is 0 Å². The molecule has 0 spiro atoms. The molecule has 0 aliphatic carbocycles. The van der Waals surface area contributed by atoms with Gasteiger partial charge in [0.25, 0.3) is 0 Å². The number of fused-ring (bicyclic) bond motifs is 1. The molecule has 1 aliphatic rings. The smallest absolute Gasteiger partial charge is 0.212 e. The van der Waals surface area contributed by atoms with Gasteiger partial charge in [-0.05, 0) is 20.8 Å². The van der Waals surface area contributed by atoms with Gasteiger partial charge in [0, 0.05) is 32.2 Å². The highest BCUT2D eigenvalue weighted by molar-refractivity contribution is 7.16. The SMILES string of the molecule is Cc1nn2c(CN3CCN[C@@H](C)C3)c(C)nc2s1. The number of aryl methyl sites for hydroxylation is 2. The van der Waals surface area contributed by atoms with Crippen LogP contribution in [-0.4, -0.2) is 45.2 Å². The maximum Gasteiger partial charge on any atom is 0.212 e. The Morgan fingerprint density at radius 3 is 3.06 bits per heavy atom. The van der Waals surface area contributed by atoms with Crippen molar-refractivity contribution in [3.05, 3.63) is 16.4 Å². The van der Waals surface area contributed by atoms with E-state index in [-0.39, 0.29) is 0 Å². The van der Waals surface area contributed by atoms with Gasteiger partial charge in [-0.15, -0.1) is 0 Å². The molecule has 18 heavy (non-hydrogen) atoms. The van der Waals surface area contributed by atoms with Crippen molar-refractivity contribution in [2.45, 2.75) is 33.4 Å². The fourth-order valence-corrected chi connectivity index (χ4v) is 3.34. The second-order valence-corrected chi connectivity index (χ2v) is 6.21. The quantitative estimate of drug-likeness (QED) is 0.886. The van der Waals surface area contributed by atoms with Crippen molar-refractivity contribution in [1.82, 2.24) is 24.8 Å². The van der Waals surface area contributed by atoms with Gasteiger partial charge in [-0.3, -0.25) is 4.90 Å². The maximum absolute atomic E-state index is 4.60. The van der Waals surface area contributed by atoms with Crippen molar-refractivity contribution in [3.8, 4) is 0 Å². The molecule has 5 nitrogen and oxygen atoms in total. The van der Waals surface area contributed by atoms with Crippen molar-refractivity contribution < 1.29 is 0 Å². The Kier molecular flexibility index (Phi) is 3.09. The summed E-state index contributed by atoms with van der Waals surface area (Å²) in [7, 11) is 0. The zero-order valence-corrected chi connectivity index (χ0v) is 11.9. The van der Waals surface area contributed by atoms with Crippen molar-refractivity contribution >= 4 is 16.3 Å². The highest BCUT2D eigenvalue weighted by Gasteiger charge is 2.19. The fourth-order valence-electron chi connectivity index (χ4n) is 2.54. The summed E-state index contributed by atoms with van der Waals surface area (Å²) < 4.78 is 2.02. The summed E-state index contributed by atoms with van der Waals surface area (Å²) in [5.74, 6) is 0. The molecule has 0 bridgehead atoms. The molecule has 2 aromatic rings. The van der Waals surface area contributed by atoms with Gasteiger partial charge < -0.3 is 5.32 Å². The van der Waals surface area contributed by atoms with Crippen LogP contribution in [-0.2, 0) is 6.54 Å². The molecule has 0 amide bonds. The molecular weight excluding hydrogens is 246 g/mol. The molecule has 3 rings (SSSR count). The van der Waals surface area contributed by atoms with Crippen LogP contribution in [0.5, 0.6) is 0 Å². The van der Waals surface area contributed by atoms with E-state index in [9.17, 15) is 0 Å². The van der Waals surface area contributed by atoms with Gasteiger partial charge >= 0.3 is 0 Å². The number of rotatable bonds is 2. The Balaban J connectivity index is 1.86. The van der Waals surface area contributed by atoms with E-state index in [0.29, 0.717) is 6.04 Å². The predicted octanol–water partition coefficient (Wildman–Crippen LogP) is 1.20. The zero-order valence-electron chi connectivity index (χ0n) is 11.1. The van der Waals surface area contributed by atoms with Crippen molar-refractivity contribution in [3.63, 3.8) is 0 Å². The molecule has 1 aliphatic heterocycles. The Hall–Kier alpha value is -0.980. The molecular formula is C12H19N5S. The van der Waals surface area contributed by atoms with Crippen LogP contribution < -0.4 is 5.32 Å². The normalized spacial score (nSPS) is 21.8. The molecule has 1 saturated heterocycles. The van der Waals surface area contributed by atoms with Crippen LogP contribution in [0.15, 0.2) is 0 Å². The summed E-state index contributed by atoms with van der Waals surface area (Å²) in [5, 5.41) is 9.09. The summed E-state index contributed by atoms with van der Waals surface area (Å²) in [4.78, 5) is 8.09. The number of aromatic nitrogens is 3. The van der Waals surface area contributed by atoms with Gasteiger partial charge in [0.1, 0.15) is 5.01 Å². The highest BCUT2D eigenvalue weighted by Crippen LogP contribution is 2.19. The first kappa shape index (κ1) is 12.1. The lowest BCUT2D eigenvalue weighted by molar-refractivity contribution is 0.196. The molecule has 3 heterocycles. The van der Waals surface area contributed by atoms with Gasteiger partial charge in [-0.25, -0.2) is 9.50 Å². The summed E-state index contributed by atoms with van der Waals surface area (Å²) >= 11 is 1.66. The minimum atomic E-state index is 0.569. The molecule has 6 heteroatoms. The lowest BCUT2D eigenvalue weighted by Crippen LogP contribution is -2.48. The standard InChI is InChI=1S/C12H19N5S/c1-8-6-16(5-4-13-8)7-11-9(2)14-12-17(11)15-10(3)18-12/h8,13H,4-7H2,1-3H3/t8-/m0/s1. The Morgan fingerprint density at radius 1 is 1.44 bits per heavy atom. The number of nitrogens with zero attached hydrogens (tertiary/aromatic N) is 4. The van der Waals surface area contributed by atoms with Gasteiger partial charge in [0.05, 0.1) is 11.4 Å². The van der Waals surface area contributed by atoms with Crippen molar-refractivity contribution in [2.75, 3.05) is 19.6 Å². The summed E-state index contributed by atoms with van der Waals surface area (Å²) in [6, 6.07) is 0.569. The first-order chi connectivity index (χ1) is 8.63. The van der Waals surface area contributed by atoms with Gasteiger partial charge in [-0.1, -0.05) is 11.3 Å². The average Bonchev–Trinajstić information content (AvgIpc) is 2.78. The third-order valence-corrected chi connectivity index (χ3v) is 4.25. The number of hydrogen-bond acceptors (Lipinski definition) is 5. The Labute approximate surface area is 111 Å². The molecule has 2 aromatic heterocycles. The first-order valence-electron chi connectivity index (χ1n) is 6.41. The van der Waals surface area contributed by atoms with Crippen LogP contribution in [0.4, 0.5) is 0 Å². The van der Waals surface area contributed by atoms with Crippen LogP contribution in [0.3, 0.4) is 0 Å². The van der Waals surface area contributed by atoms with Crippen molar-refractivity contribution in [1.29, 1.82) is 0 Å². The first-order valence-corrected chi connectivity index (χ1v) is 7.22. The molecule has 0 saturated carbocycles. The third-order valence-electron chi connectivity index (χ3n) is 3.42. The Morgan fingerprint density at radius 2 is 2.28 bits per heavy atom. The van der Waals surface area contributed by atoms with Gasteiger partial charge in [-0.2, -0.15) is 5.10 Å². The summed E-state index contributed by atoms with van der Waals surface area (Å²) in [5.41, 5.74) is 2.35. The zero-order chi connectivity index (χ0) is 12.7. The molecule has 0 aromatic carbocycles. The molecule has 1 atom stereocenters. The van der Waals surface area contributed by atoms with Crippen LogP contribution in [0.1, 0.15) is 23.3 Å². The number of nitrogens with one attached hydrogen (secondary N) is 1. The fraction of sp³-hybridized carbons (Fsp3) is 0.667. The summed E-state index contributed by atoms with van der Waals surface area (Å²) in [6.45, 7) is 10.6. The average molecular weight is 265 g/mol. The molecule has 1 fully saturated rings. The minimum Gasteiger partial charge on any atom is -0.312 e. The number of piperazine rings is 1. The maximum atomic E-state index is 4.60. The highest BCUT2D eigenvalue weighted by atomic mass is 32.1. The van der Waals surface area contributed by atoms with E-state index in [1.807, 2.05) is 11.4 Å². The Bertz CT molecular complexity index is 558. The molecule has 1 N–H and O–H groups in total. The van der Waals surface area contributed by atoms with Crippen molar-refractivity contribution in [2.24, 2.45) is 0 Å². The van der Waals surface area contributed by atoms with E-state index in [1.54, 1.807) is 11.3 Å². The van der Waals surface area contributed by atoms with Crippen LogP contribution in [0.2, 0.25) is 0 Å². The molecule has 0 unspecified atom stereocenters. The van der Waals surface area contributed by atoms with E-state index < -0.39 is 0 Å². The lowest BCUT2D eigenvalue weighted by Gasteiger charge is -2.31. The van der Waals surface area contributed by atoms with Crippen LogP contribution >= 0.6 is 11.3 Å². The minimum absolute atomic E-state index is 0.569. The summed E-state index contributed by atoms with van der Waals surface area (Å²) in [6.07, 6.45) is 0. The second kappa shape index (κ2) is 4.60. The van der Waals surface area contributed by atoms with Crippen LogP contribution in [0, 0.1) is 13.8 Å².